The molecule has 1 aliphatic rings. The van der Waals surface area contributed by atoms with Crippen LogP contribution in [0.1, 0.15) is 26.7 Å². The van der Waals surface area contributed by atoms with Crippen molar-refractivity contribution in [3.8, 4) is 0 Å². The lowest BCUT2D eigenvalue weighted by atomic mass is 10.1. The van der Waals surface area contributed by atoms with Gasteiger partial charge >= 0.3 is 0 Å². The number of nitrogens with zero attached hydrogens (tertiary/aromatic N) is 3. The van der Waals surface area contributed by atoms with E-state index in [-0.39, 0.29) is 0 Å². The maximum atomic E-state index is 4.38. The fourth-order valence-electron chi connectivity index (χ4n) is 2.31. The number of rotatable bonds is 6. The molecule has 1 fully saturated rings. The molecule has 106 valence electrons. The van der Waals surface area contributed by atoms with Gasteiger partial charge < -0.3 is 15.5 Å². The maximum absolute atomic E-state index is 4.38. The lowest BCUT2D eigenvalue weighted by molar-refractivity contribution is 0.606. The van der Waals surface area contributed by atoms with Gasteiger partial charge in [0.15, 0.2) is 0 Å². The Kier molecular flexibility index (Phi) is 4.96. The number of nitrogens with one attached hydrogen (secondary N) is 2. The van der Waals surface area contributed by atoms with Crippen LogP contribution in [-0.2, 0) is 0 Å². The molecule has 5 nitrogen and oxygen atoms in total. The summed E-state index contributed by atoms with van der Waals surface area (Å²) in [6, 6.07) is 2.63. The lowest BCUT2D eigenvalue weighted by Crippen LogP contribution is -2.29. The first-order chi connectivity index (χ1) is 9.19. The largest absolute Gasteiger partial charge is 0.370 e. The highest BCUT2D eigenvalue weighted by Crippen LogP contribution is 2.19. The Morgan fingerprint density at radius 2 is 2.26 bits per heavy atom. The van der Waals surface area contributed by atoms with Crippen molar-refractivity contribution < 1.29 is 0 Å². The van der Waals surface area contributed by atoms with Crippen LogP contribution in [0.2, 0.25) is 0 Å². The van der Waals surface area contributed by atoms with Crippen molar-refractivity contribution in [2.24, 2.45) is 5.92 Å². The van der Waals surface area contributed by atoms with Gasteiger partial charge in [-0.05, 0) is 25.8 Å². The summed E-state index contributed by atoms with van der Waals surface area (Å²) in [7, 11) is 2.02. The summed E-state index contributed by atoms with van der Waals surface area (Å²) >= 11 is 0. The van der Waals surface area contributed by atoms with Crippen LogP contribution in [0.15, 0.2) is 12.4 Å². The van der Waals surface area contributed by atoms with E-state index in [4.69, 9.17) is 0 Å². The first kappa shape index (κ1) is 14.1. The molecule has 0 bridgehead atoms. The Hall–Kier alpha value is -1.36. The smallest absolute Gasteiger partial charge is 0.134 e. The molecule has 5 heteroatoms. The molecular weight excluding hydrogens is 238 g/mol. The van der Waals surface area contributed by atoms with E-state index in [1.54, 1.807) is 6.33 Å². The van der Waals surface area contributed by atoms with Crippen molar-refractivity contribution in [1.82, 2.24) is 15.3 Å². The molecule has 19 heavy (non-hydrogen) atoms. The van der Waals surface area contributed by atoms with Gasteiger partial charge in [-0.25, -0.2) is 9.97 Å². The van der Waals surface area contributed by atoms with Crippen LogP contribution in [0.5, 0.6) is 0 Å². The topological polar surface area (TPSA) is 53.1 Å². The third-order valence-corrected chi connectivity index (χ3v) is 3.60. The zero-order chi connectivity index (χ0) is 13.7. The molecule has 0 saturated carbocycles. The molecule has 0 aliphatic carbocycles. The predicted molar refractivity (Wildman–Crippen MR) is 79.7 cm³/mol. The Bertz CT molecular complexity index is 393. The number of hydrogen-bond acceptors (Lipinski definition) is 5. The van der Waals surface area contributed by atoms with Gasteiger partial charge in [0.05, 0.1) is 0 Å². The zero-order valence-corrected chi connectivity index (χ0v) is 12.2. The minimum atomic E-state index is 0.576. The van der Waals surface area contributed by atoms with E-state index >= 15 is 0 Å². The van der Waals surface area contributed by atoms with E-state index in [9.17, 15) is 0 Å². The van der Waals surface area contributed by atoms with E-state index in [0.717, 1.165) is 37.7 Å². The van der Waals surface area contributed by atoms with Crippen molar-refractivity contribution in [1.29, 1.82) is 0 Å². The minimum Gasteiger partial charge on any atom is -0.370 e. The van der Waals surface area contributed by atoms with Gasteiger partial charge in [-0.3, -0.25) is 0 Å². The average molecular weight is 263 g/mol. The molecule has 1 saturated heterocycles. The van der Waals surface area contributed by atoms with Crippen molar-refractivity contribution in [2.75, 3.05) is 36.9 Å². The van der Waals surface area contributed by atoms with E-state index in [1.165, 1.54) is 6.42 Å². The second-order valence-corrected chi connectivity index (χ2v) is 5.59. The van der Waals surface area contributed by atoms with Gasteiger partial charge in [-0.15, -0.1) is 0 Å². The molecule has 2 rings (SSSR count). The van der Waals surface area contributed by atoms with Crippen LogP contribution in [0.3, 0.4) is 0 Å². The Balaban J connectivity index is 1.92. The number of anilines is 2. The predicted octanol–water partition coefficient (Wildman–Crippen LogP) is 1.73. The van der Waals surface area contributed by atoms with Gasteiger partial charge in [0.2, 0.25) is 0 Å². The van der Waals surface area contributed by atoms with Crippen LogP contribution in [0.25, 0.3) is 0 Å². The van der Waals surface area contributed by atoms with Gasteiger partial charge in [-0.2, -0.15) is 0 Å². The molecule has 2 heterocycles. The molecule has 0 spiro atoms. The van der Waals surface area contributed by atoms with Crippen LogP contribution in [0.4, 0.5) is 11.6 Å². The highest BCUT2D eigenvalue weighted by Gasteiger charge is 2.22. The SMILES string of the molecule is CNC1CCN(c2cc(NCCC(C)C)ncn2)C1. The molecular formula is C14H25N5. The van der Waals surface area contributed by atoms with Crippen molar-refractivity contribution in [3.05, 3.63) is 12.4 Å². The number of likely N-dealkylation sites (N-methyl/N-ethyl adjacent to an activating group) is 1. The van der Waals surface area contributed by atoms with Gasteiger partial charge in [0.25, 0.3) is 0 Å². The normalized spacial score (nSPS) is 19.2. The minimum absolute atomic E-state index is 0.576. The second kappa shape index (κ2) is 6.70. The fraction of sp³-hybridized carbons (Fsp3) is 0.714. The van der Waals surface area contributed by atoms with Crippen LogP contribution >= 0.6 is 0 Å². The molecule has 1 aromatic rings. The standard InChI is InChI=1S/C14H25N5/c1-11(2)4-6-16-13-8-14(18-10-17-13)19-7-5-12(9-19)15-3/h8,10-12,15H,4-7,9H2,1-3H3,(H,16,17,18). The Morgan fingerprint density at radius 3 is 2.95 bits per heavy atom. The Labute approximate surface area is 115 Å². The summed E-state index contributed by atoms with van der Waals surface area (Å²) < 4.78 is 0. The van der Waals surface area contributed by atoms with Crippen molar-refractivity contribution in [2.45, 2.75) is 32.7 Å². The van der Waals surface area contributed by atoms with Gasteiger partial charge in [-0.1, -0.05) is 13.8 Å². The van der Waals surface area contributed by atoms with Crippen LogP contribution in [-0.4, -0.2) is 42.7 Å². The van der Waals surface area contributed by atoms with Gasteiger partial charge in [0.1, 0.15) is 18.0 Å². The molecule has 1 atom stereocenters. The summed E-state index contributed by atoms with van der Waals surface area (Å²) in [5, 5.41) is 6.70. The van der Waals surface area contributed by atoms with E-state index in [1.807, 2.05) is 7.05 Å². The highest BCUT2D eigenvalue weighted by molar-refractivity contribution is 5.49. The number of hydrogen-bond donors (Lipinski definition) is 2. The Morgan fingerprint density at radius 1 is 1.42 bits per heavy atom. The quantitative estimate of drug-likeness (QED) is 0.818. The van der Waals surface area contributed by atoms with E-state index in [0.29, 0.717) is 12.0 Å². The highest BCUT2D eigenvalue weighted by atomic mass is 15.2. The van der Waals surface area contributed by atoms with E-state index < -0.39 is 0 Å². The molecule has 1 aliphatic heterocycles. The van der Waals surface area contributed by atoms with Gasteiger partial charge in [0, 0.05) is 31.7 Å². The summed E-state index contributed by atoms with van der Waals surface area (Å²) in [6.07, 6.45) is 3.99. The molecule has 0 amide bonds. The molecule has 0 radical (unpaired) electrons. The zero-order valence-electron chi connectivity index (χ0n) is 12.2. The monoisotopic (exact) mass is 263 g/mol. The first-order valence-corrected chi connectivity index (χ1v) is 7.17. The average Bonchev–Trinajstić information content (AvgIpc) is 2.87. The number of aromatic nitrogens is 2. The summed E-state index contributed by atoms with van der Waals surface area (Å²) in [5.74, 6) is 2.67. The molecule has 0 aromatic carbocycles. The maximum Gasteiger partial charge on any atom is 0.134 e. The fourth-order valence-corrected chi connectivity index (χ4v) is 2.31. The van der Waals surface area contributed by atoms with Crippen LogP contribution in [0, 0.1) is 5.92 Å². The molecule has 2 N–H and O–H groups in total. The first-order valence-electron chi connectivity index (χ1n) is 7.17. The van der Waals surface area contributed by atoms with E-state index in [2.05, 4.69) is 45.4 Å². The molecule has 1 unspecified atom stereocenters. The third kappa shape index (κ3) is 4.06. The second-order valence-electron chi connectivity index (χ2n) is 5.59. The summed E-state index contributed by atoms with van der Waals surface area (Å²) in [5.41, 5.74) is 0. The molecule has 1 aromatic heterocycles. The van der Waals surface area contributed by atoms with Crippen molar-refractivity contribution >= 4 is 11.6 Å². The third-order valence-electron chi connectivity index (χ3n) is 3.60. The van der Waals surface area contributed by atoms with Crippen molar-refractivity contribution in [3.63, 3.8) is 0 Å². The lowest BCUT2D eigenvalue weighted by Gasteiger charge is -2.18. The summed E-state index contributed by atoms with van der Waals surface area (Å²) in [6.45, 7) is 7.52. The van der Waals surface area contributed by atoms with Crippen LogP contribution < -0.4 is 15.5 Å². The summed E-state index contributed by atoms with van der Waals surface area (Å²) in [4.78, 5) is 11.0.